The number of aliphatic hydroxyl groups excluding tert-OH is 1. The van der Waals surface area contributed by atoms with Gasteiger partial charge in [-0.25, -0.2) is 8.42 Å². The molecule has 7 heteroatoms. The van der Waals surface area contributed by atoms with Crippen LogP contribution in [0.2, 0.25) is 0 Å². The Labute approximate surface area is 119 Å². The number of nitrogens with zero attached hydrogens (tertiary/aromatic N) is 2. The van der Waals surface area contributed by atoms with Crippen LogP contribution in [0.1, 0.15) is 20.3 Å². The van der Waals surface area contributed by atoms with Gasteiger partial charge in [-0.15, -0.1) is 0 Å². The Morgan fingerprint density at radius 1 is 1.55 bits per heavy atom. The fourth-order valence-electron chi connectivity index (χ4n) is 2.30. The van der Waals surface area contributed by atoms with Crippen molar-refractivity contribution < 1.29 is 13.5 Å². The van der Waals surface area contributed by atoms with Crippen LogP contribution in [0.15, 0.2) is 23.4 Å². The summed E-state index contributed by atoms with van der Waals surface area (Å²) in [5.74, 6) is 0.128. The van der Waals surface area contributed by atoms with E-state index in [0.29, 0.717) is 25.2 Å². The molecular formula is C13H21N3O3S. The number of pyridine rings is 1. The third-order valence-electron chi connectivity index (χ3n) is 3.65. The molecule has 2 atom stereocenters. The molecule has 0 radical (unpaired) electrons. The van der Waals surface area contributed by atoms with Crippen molar-refractivity contribution in [2.24, 2.45) is 5.92 Å². The molecule has 20 heavy (non-hydrogen) atoms. The molecule has 0 spiro atoms. The Balaban J connectivity index is 2.31. The smallest absolute Gasteiger partial charge is 0.246 e. The zero-order valence-corrected chi connectivity index (χ0v) is 12.6. The average molecular weight is 299 g/mol. The van der Waals surface area contributed by atoms with E-state index in [1.807, 2.05) is 13.8 Å². The Morgan fingerprint density at radius 2 is 2.30 bits per heavy atom. The fraction of sp³-hybridized carbons (Fsp3) is 0.615. The lowest BCUT2D eigenvalue weighted by atomic mass is 9.98. The van der Waals surface area contributed by atoms with Gasteiger partial charge in [-0.1, -0.05) is 6.92 Å². The minimum absolute atomic E-state index is 0.128. The van der Waals surface area contributed by atoms with E-state index in [1.54, 1.807) is 12.3 Å². The first-order chi connectivity index (χ1) is 9.46. The van der Waals surface area contributed by atoms with Gasteiger partial charge in [-0.2, -0.15) is 4.31 Å². The van der Waals surface area contributed by atoms with Gasteiger partial charge >= 0.3 is 0 Å². The average Bonchev–Trinajstić information content (AvgIpc) is 2.42. The molecular weight excluding hydrogens is 278 g/mol. The summed E-state index contributed by atoms with van der Waals surface area (Å²) < 4.78 is 26.7. The maximum absolute atomic E-state index is 12.7. The normalized spacial score (nSPS) is 24.6. The van der Waals surface area contributed by atoms with Gasteiger partial charge in [0.25, 0.3) is 0 Å². The van der Waals surface area contributed by atoms with Crippen LogP contribution in [0.3, 0.4) is 0 Å². The summed E-state index contributed by atoms with van der Waals surface area (Å²) in [5.41, 5.74) is 0.551. The van der Waals surface area contributed by atoms with E-state index in [4.69, 9.17) is 0 Å². The highest BCUT2D eigenvalue weighted by Crippen LogP contribution is 2.27. The second-order valence-electron chi connectivity index (χ2n) is 5.10. The van der Waals surface area contributed by atoms with E-state index in [1.165, 1.54) is 10.5 Å². The first kappa shape index (κ1) is 15.2. The molecule has 2 heterocycles. The largest absolute Gasteiger partial charge is 0.391 e. The summed E-state index contributed by atoms with van der Waals surface area (Å²) in [6, 6.07) is 1.65. The lowest BCUT2D eigenvalue weighted by Gasteiger charge is -2.33. The van der Waals surface area contributed by atoms with Crippen molar-refractivity contribution in [3.63, 3.8) is 0 Å². The third kappa shape index (κ3) is 2.94. The van der Waals surface area contributed by atoms with E-state index >= 15 is 0 Å². The summed E-state index contributed by atoms with van der Waals surface area (Å²) >= 11 is 0. The number of aromatic nitrogens is 1. The van der Waals surface area contributed by atoms with Crippen LogP contribution >= 0.6 is 0 Å². The van der Waals surface area contributed by atoms with Crippen molar-refractivity contribution in [3.05, 3.63) is 18.5 Å². The highest BCUT2D eigenvalue weighted by atomic mass is 32.2. The van der Waals surface area contributed by atoms with E-state index < -0.39 is 16.1 Å². The summed E-state index contributed by atoms with van der Waals surface area (Å²) in [4.78, 5) is 4.08. The Morgan fingerprint density at radius 3 is 2.95 bits per heavy atom. The molecule has 0 aliphatic carbocycles. The van der Waals surface area contributed by atoms with Crippen molar-refractivity contribution in [3.8, 4) is 0 Å². The number of hydrogen-bond donors (Lipinski definition) is 2. The molecule has 0 aromatic carbocycles. The van der Waals surface area contributed by atoms with Crippen molar-refractivity contribution in [1.82, 2.24) is 9.29 Å². The fourth-order valence-corrected chi connectivity index (χ4v) is 3.88. The minimum Gasteiger partial charge on any atom is -0.391 e. The molecule has 2 N–H and O–H groups in total. The molecule has 0 bridgehead atoms. The number of nitrogens with one attached hydrogen (secondary N) is 1. The lowest BCUT2D eigenvalue weighted by molar-refractivity contribution is 0.0605. The quantitative estimate of drug-likeness (QED) is 0.863. The Kier molecular flexibility index (Phi) is 4.62. The molecule has 1 aromatic rings. The van der Waals surface area contributed by atoms with Crippen molar-refractivity contribution in [2.45, 2.75) is 31.3 Å². The summed E-state index contributed by atoms with van der Waals surface area (Å²) in [7, 11) is -3.62. The molecule has 1 fully saturated rings. The molecule has 0 saturated carbocycles. The zero-order valence-electron chi connectivity index (χ0n) is 11.8. The molecule has 2 rings (SSSR count). The van der Waals surface area contributed by atoms with Crippen LogP contribution in [0.25, 0.3) is 0 Å². The van der Waals surface area contributed by atoms with Gasteiger partial charge in [0, 0.05) is 32.0 Å². The number of rotatable bonds is 4. The van der Waals surface area contributed by atoms with E-state index in [-0.39, 0.29) is 17.4 Å². The second-order valence-corrected chi connectivity index (χ2v) is 7.00. The molecule has 112 valence electrons. The zero-order chi connectivity index (χ0) is 14.8. The van der Waals surface area contributed by atoms with Crippen molar-refractivity contribution in [1.29, 1.82) is 0 Å². The highest BCUT2D eigenvalue weighted by molar-refractivity contribution is 7.89. The summed E-state index contributed by atoms with van der Waals surface area (Å²) in [6.07, 6.45) is 2.97. The topological polar surface area (TPSA) is 82.5 Å². The van der Waals surface area contributed by atoms with Crippen LogP contribution < -0.4 is 5.32 Å². The van der Waals surface area contributed by atoms with Crippen molar-refractivity contribution in [2.75, 3.05) is 25.0 Å². The van der Waals surface area contributed by atoms with Crippen LogP contribution in [0, 0.1) is 5.92 Å². The number of piperidine rings is 1. The molecule has 1 aromatic heterocycles. The van der Waals surface area contributed by atoms with Gasteiger partial charge in [0.15, 0.2) is 0 Å². The Bertz CT molecular complexity index is 562. The van der Waals surface area contributed by atoms with Gasteiger partial charge in [-0.3, -0.25) is 4.98 Å². The minimum atomic E-state index is -3.62. The SMILES string of the molecule is CCNc1ccncc1S(=O)(=O)N1CCC(C)C(O)C1. The molecule has 2 unspecified atom stereocenters. The number of aliphatic hydroxyl groups is 1. The van der Waals surface area contributed by atoms with Gasteiger partial charge in [0.05, 0.1) is 11.8 Å². The van der Waals surface area contributed by atoms with Crippen LogP contribution in [0.5, 0.6) is 0 Å². The maximum atomic E-state index is 12.7. The van der Waals surface area contributed by atoms with Crippen LogP contribution in [0.4, 0.5) is 5.69 Å². The molecule has 1 saturated heterocycles. The second kappa shape index (κ2) is 6.07. The monoisotopic (exact) mass is 299 g/mol. The maximum Gasteiger partial charge on any atom is 0.246 e. The number of β-amino-alcohol motifs (C(OH)–C–C–N with tert-alkyl or cyclic N) is 1. The Hall–Kier alpha value is -1.18. The van der Waals surface area contributed by atoms with Crippen LogP contribution in [-0.4, -0.2) is 48.6 Å². The molecule has 1 aliphatic rings. The summed E-state index contributed by atoms with van der Waals surface area (Å²) in [5, 5.41) is 12.9. The molecule has 1 aliphatic heterocycles. The summed E-state index contributed by atoms with van der Waals surface area (Å²) in [6.45, 7) is 5.04. The predicted octanol–water partition coefficient (Wildman–Crippen LogP) is 0.905. The molecule has 0 amide bonds. The predicted molar refractivity (Wildman–Crippen MR) is 76.9 cm³/mol. The van der Waals surface area contributed by atoms with E-state index in [2.05, 4.69) is 10.3 Å². The number of anilines is 1. The van der Waals surface area contributed by atoms with Crippen LogP contribution in [-0.2, 0) is 10.0 Å². The highest BCUT2D eigenvalue weighted by Gasteiger charge is 2.34. The van der Waals surface area contributed by atoms with Gasteiger partial charge in [0.1, 0.15) is 4.90 Å². The van der Waals surface area contributed by atoms with Crippen molar-refractivity contribution >= 4 is 15.7 Å². The number of sulfonamides is 1. The first-order valence-corrected chi connectivity index (χ1v) is 8.27. The first-order valence-electron chi connectivity index (χ1n) is 6.83. The van der Waals surface area contributed by atoms with E-state index in [9.17, 15) is 13.5 Å². The molecule has 6 nitrogen and oxygen atoms in total. The van der Waals surface area contributed by atoms with E-state index in [0.717, 1.165) is 0 Å². The van der Waals surface area contributed by atoms with Gasteiger partial charge in [0.2, 0.25) is 10.0 Å². The van der Waals surface area contributed by atoms with Gasteiger partial charge in [-0.05, 0) is 25.3 Å². The third-order valence-corrected chi connectivity index (χ3v) is 5.54. The lowest BCUT2D eigenvalue weighted by Crippen LogP contribution is -2.45. The standard InChI is InChI=1S/C13H21N3O3S/c1-3-15-11-4-6-14-8-13(11)20(18,19)16-7-5-10(2)12(17)9-16/h4,6,8,10,12,17H,3,5,7,9H2,1-2H3,(H,14,15). The number of hydrogen-bond acceptors (Lipinski definition) is 5. The van der Waals surface area contributed by atoms with Gasteiger partial charge < -0.3 is 10.4 Å².